The van der Waals surface area contributed by atoms with Crippen LogP contribution in [0.5, 0.6) is 0 Å². The molecule has 1 N–H and O–H groups in total. The van der Waals surface area contributed by atoms with Crippen LogP contribution in [0.25, 0.3) is 0 Å². The molecule has 0 radical (unpaired) electrons. The second kappa shape index (κ2) is 15.4. The van der Waals surface area contributed by atoms with Crippen LogP contribution in [0.4, 0.5) is 0 Å². The number of fused-ring (bicyclic) bond motifs is 5. The van der Waals surface area contributed by atoms with Gasteiger partial charge in [0, 0.05) is 19.3 Å². The van der Waals surface area contributed by atoms with Crippen molar-refractivity contribution in [1.29, 1.82) is 0 Å². The molecule has 0 bridgehead atoms. The summed E-state index contributed by atoms with van der Waals surface area (Å²) in [5, 5.41) is 8.04. The van der Waals surface area contributed by atoms with Gasteiger partial charge in [-0.3, -0.25) is 9.59 Å². The van der Waals surface area contributed by atoms with Crippen molar-refractivity contribution in [1.82, 2.24) is 0 Å². The topological polar surface area (TPSA) is 63.6 Å². The van der Waals surface area contributed by atoms with E-state index in [1.807, 2.05) is 6.92 Å². The fourth-order valence-electron chi connectivity index (χ4n) is 9.65. The number of carbonyl (C=O) groups is 2. The van der Waals surface area contributed by atoms with Gasteiger partial charge in [-0.2, -0.15) is 0 Å². The van der Waals surface area contributed by atoms with Gasteiger partial charge in [-0.15, -0.1) is 0 Å². The van der Waals surface area contributed by atoms with E-state index in [-0.39, 0.29) is 12.1 Å². The Morgan fingerprint density at radius 2 is 1.63 bits per heavy atom. The monoisotopic (exact) mass is 572 g/mol. The molecule has 3 fully saturated rings. The van der Waals surface area contributed by atoms with Crippen LogP contribution in [0.3, 0.4) is 0 Å². The number of unbranched alkanes of at least 4 members (excludes halogenated alkanes) is 2. The molecular weight excluding hydrogens is 508 g/mol. The highest BCUT2D eigenvalue weighted by Crippen LogP contribution is 2.67. The third-order valence-electron chi connectivity index (χ3n) is 12.0. The third kappa shape index (κ3) is 8.41. The first-order valence-electron chi connectivity index (χ1n) is 17.6. The molecule has 0 amide bonds. The summed E-state index contributed by atoms with van der Waals surface area (Å²) in [6, 6.07) is 0. The zero-order valence-electron chi connectivity index (χ0n) is 27.8. The Labute approximate surface area is 252 Å². The number of carboxylic acids is 1. The molecule has 0 aliphatic heterocycles. The predicted molar refractivity (Wildman–Crippen MR) is 170 cm³/mol. The Morgan fingerprint density at radius 1 is 0.927 bits per heavy atom. The van der Waals surface area contributed by atoms with Crippen LogP contribution in [0.1, 0.15) is 158 Å². The molecule has 4 nitrogen and oxygen atoms in total. The lowest BCUT2D eigenvalue weighted by Crippen LogP contribution is -2.51. The third-order valence-corrected chi connectivity index (χ3v) is 12.0. The van der Waals surface area contributed by atoms with Crippen molar-refractivity contribution in [3.8, 4) is 0 Å². The second-order valence-corrected chi connectivity index (χ2v) is 15.2. The maximum absolute atomic E-state index is 12.2. The van der Waals surface area contributed by atoms with Crippen LogP contribution in [-0.2, 0) is 14.3 Å². The summed E-state index contributed by atoms with van der Waals surface area (Å²) in [5.74, 6) is 4.63. The summed E-state index contributed by atoms with van der Waals surface area (Å²) in [5.41, 5.74) is 2.54. The lowest BCUT2D eigenvalue weighted by Gasteiger charge is -2.58. The maximum atomic E-state index is 12.2. The standard InChI is InChI=1S/C32H54O2.C5H10O2/c1-7-8-12-30(33)34-25-17-19-31(5)24(21-25)13-14-26-28-16-15-27(23(4)11-9-10-22(2)3)32(28,6)20-18-29(26)31;1-2-3-4-5(6)7/h13,22-23,25-29H,7-12,14-21H2,1-6H3;2-4H2,1H3,(H,6,7). The van der Waals surface area contributed by atoms with Gasteiger partial charge in [0.15, 0.2) is 0 Å². The van der Waals surface area contributed by atoms with Crippen molar-refractivity contribution >= 4 is 11.9 Å². The first-order valence-corrected chi connectivity index (χ1v) is 17.6. The number of carbonyl (C=O) groups excluding carboxylic acids is 1. The van der Waals surface area contributed by atoms with Crippen molar-refractivity contribution < 1.29 is 19.4 Å². The highest BCUT2D eigenvalue weighted by atomic mass is 16.5. The number of hydrogen-bond acceptors (Lipinski definition) is 3. The molecule has 3 saturated carbocycles. The van der Waals surface area contributed by atoms with Gasteiger partial charge in [0.25, 0.3) is 0 Å². The molecule has 0 saturated heterocycles. The van der Waals surface area contributed by atoms with Gasteiger partial charge in [-0.1, -0.05) is 92.2 Å². The quantitative estimate of drug-likeness (QED) is 0.187. The lowest BCUT2D eigenvalue weighted by molar-refractivity contribution is -0.151. The minimum atomic E-state index is -0.693. The average molecular weight is 573 g/mol. The molecule has 4 aliphatic rings. The molecule has 4 aliphatic carbocycles. The number of esters is 1. The molecule has 0 heterocycles. The van der Waals surface area contributed by atoms with E-state index in [0.717, 1.165) is 74.0 Å². The van der Waals surface area contributed by atoms with E-state index in [2.05, 4.69) is 47.6 Å². The maximum Gasteiger partial charge on any atom is 0.306 e. The highest BCUT2D eigenvalue weighted by molar-refractivity contribution is 5.69. The van der Waals surface area contributed by atoms with E-state index in [1.165, 1.54) is 57.8 Å². The fourth-order valence-corrected chi connectivity index (χ4v) is 9.65. The van der Waals surface area contributed by atoms with Crippen molar-refractivity contribution in [3.05, 3.63) is 11.6 Å². The van der Waals surface area contributed by atoms with E-state index in [0.29, 0.717) is 23.7 Å². The van der Waals surface area contributed by atoms with Gasteiger partial charge in [0.2, 0.25) is 0 Å². The molecule has 0 spiro atoms. The first kappa shape index (κ1) is 34.2. The molecule has 8 atom stereocenters. The molecule has 41 heavy (non-hydrogen) atoms. The minimum Gasteiger partial charge on any atom is -0.481 e. The minimum absolute atomic E-state index is 0.0256. The van der Waals surface area contributed by atoms with Gasteiger partial charge in [0.1, 0.15) is 6.10 Å². The van der Waals surface area contributed by atoms with Crippen LogP contribution in [0.15, 0.2) is 11.6 Å². The normalized spacial score (nSPS) is 34.8. The number of hydrogen-bond donors (Lipinski definition) is 1. The largest absolute Gasteiger partial charge is 0.481 e. The van der Waals surface area contributed by atoms with Crippen LogP contribution >= 0.6 is 0 Å². The van der Waals surface area contributed by atoms with Crippen molar-refractivity contribution in [3.63, 3.8) is 0 Å². The van der Waals surface area contributed by atoms with Crippen LogP contribution < -0.4 is 0 Å². The molecule has 8 unspecified atom stereocenters. The smallest absolute Gasteiger partial charge is 0.306 e. The Morgan fingerprint density at radius 3 is 2.27 bits per heavy atom. The van der Waals surface area contributed by atoms with Gasteiger partial charge in [0.05, 0.1) is 0 Å². The van der Waals surface area contributed by atoms with E-state index >= 15 is 0 Å². The van der Waals surface area contributed by atoms with Crippen molar-refractivity contribution in [2.75, 3.05) is 0 Å². The molecule has 236 valence electrons. The summed E-state index contributed by atoms with van der Waals surface area (Å²) in [7, 11) is 0. The molecule has 0 aromatic heterocycles. The van der Waals surface area contributed by atoms with Crippen molar-refractivity contribution in [2.45, 2.75) is 164 Å². The Kier molecular flexibility index (Phi) is 12.9. The highest BCUT2D eigenvalue weighted by Gasteiger charge is 2.59. The average Bonchev–Trinajstić information content (AvgIpc) is 3.28. The summed E-state index contributed by atoms with van der Waals surface area (Å²) in [6.07, 6.45) is 22.0. The van der Waals surface area contributed by atoms with Crippen LogP contribution in [-0.4, -0.2) is 23.1 Å². The zero-order valence-corrected chi connectivity index (χ0v) is 27.8. The summed E-state index contributed by atoms with van der Waals surface area (Å²) in [6.45, 7) is 16.7. The number of allylic oxidation sites excluding steroid dienone is 1. The van der Waals surface area contributed by atoms with E-state index in [1.54, 1.807) is 5.57 Å². The van der Waals surface area contributed by atoms with Crippen molar-refractivity contribution in [2.24, 2.45) is 46.3 Å². The SMILES string of the molecule is CCCCC(=O)O.CCCCC(=O)OC1CCC2(C)C(=CCC3C2CCC2(C)C(C(C)CCCC(C)C)CCC32)C1. The number of carboxylic acid groups (broad SMARTS) is 1. The predicted octanol–water partition coefficient (Wildman–Crippen LogP) is 10.4. The lowest BCUT2D eigenvalue weighted by atomic mass is 9.47. The molecule has 4 heteroatoms. The molecular formula is C37H64O4. The zero-order chi connectivity index (χ0) is 30.2. The fraction of sp³-hybridized carbons (Fsp3) is 0.892. The number of aliphatic carboxylic acids is 1. The van der Waals surface area contributed by atoms with Crippen LogP contribution in [0.2, 0.25) is 0 Å². The Hall–Kier alpha value is -1.32. The Bertz CT molecular complexity index is 876. The van der Waals surface area contributed by atoms with Gasteiger partial charge in [-0.25, -0.2) is 0 Å². The number of ether oxygens (including phenoxy) is 1. The van der Waals surface area contributed by atoms with Gasteiger partial charge in [-0.05, 0) is 104 Å². The Balaban J connectivity index is 0.000000587. The molecule has 0 aromatic rings. The molecule has 0 aromatic carbocycles. The summed E-state index contributed by atoms with van der Waals surface area (Å²) in [4.78, 5) is 22.0. The second-order valence-electron chi connectivity index (χ2n) is 15.2. The van der Waals surface area contributed by atoms with E-state index in [4.69, 9.17) is 9.84 Å². The van der Waals surface area contributed by atoms with E-state index < -0.39 is 5.97 Å². The first-order chi connectivity index (χ1) is 19.5. The van der Waals surface area contributed by atoms with Crippen LogP contribution in [0, 0.1) is 46.3 Å². The van der Waals surface area contributed by atoms with Gasteiger partial charge >= 0.3 is 11.9 Å². The van der Waals surface area contributed by atoms with Gasteiger partial charge < -0.3 is 9.84 Å². The summed E-state index contributed by atoms with van der Waals surface area (Å²) < 4.78 is 5.92. The summed E-state index contributed by atoms with van der Waals surface area (Å²) >= 11 is 0. The van der Waals surface area contributed by atoms with E-state index in [9.17, 15) is 9.59 Å². The molecule has 4 rings (SSSR count). The number of rotatable bonds is 12.